The first-order valence-electron chi connectivity index (χ1n) is 6.44. The van der Waals surface area contributed by atoms with Crippen LogP contribution in [0.4, 0.5) is 0 Å². The highest BCUT2D eigenvalue weighted by Crippen LogP contribution is 2.17. The van der Waals surface area contributed by atoms with Crippen LogP contribution in [0.5, 0.6) is 0 Å². The van der Waals surface area contributed by atoms with Crippen LogP contribution >= 0.6 is 34.4 Å². The van der Waals surface area contributed by atoms with Gasteiger partial charge in [0.05, 0.1) is 11.4 Å². The van der Waals surface area contributed by atoms with Gasteiger partial charge in [-0.3, -0.25) is 14.0 Å². The molecule has 3 rings (SSSR count). The molecule has 0 spiro atoms. The lowest BCUT2D eigenvalue weighted by Gasteiger charge is -2.04. The van der Waals surface area contributed by atoms with E-state index in [0.29, 0.717) is 10.7 Å². The first-order valence-corrected chi connectivity index (χ1v) is 9.35. The fourth-order valence-corrected chi connectivity index (χ4v) is 4.19. The molecule has 8 heteroatoms. The van der Waals surface area contributed by atoms with Crippen LogP contribution < -0.4 is 5.56 Å². The minimum absolute atomic E-state index is 0.0298. The smallest absolute Gasteiger partial charge is 0.316 e. The Morgan fingerprint density at radius 2 is 2.27 bits per heavy atom. The van der Waals surface area contributed by atoms with Gasteiger partial charge in [0.1, 0.15) is 6.61 Å². The van der Waals surface area contributed by atoms with Gasteiger partial charge >= 0.3 is 5.97 Å². The van der Waals surface area contributed by atoms with Gasteiger partial charge in [-0.25, -0.2) is 4.98 Å². The number of ether oxygens (including phenoxy) is 1. The van der Waals surface area contributed by atoms with E-state index in [2.05, 4.69) is 4.98 Å². The van der Waals surface area contributed by atoms with E-state index < -0.39 is 0 Å². The molecule has 0 bridgehead atoms. The van der Waals surface area contributed by atoms with Gasteiger partial charge in [-0.05, 0) is 11.4 Å². The molecule has 0 aliphatic rings. The summed E-state index contributed by atoms with van der Waals surface area (Å²) in [5.41, 5.74) is 0.313. The number of thiazole rings is 1. The molecule has 0 amide bonds. The van der Waals surface area contributed by atoms with Crippen molar-refractivity contribution in [3.8, 4) is 0 Å². The first-order chi connectivity index (χ1) is 10.7. The number of thiophene rings is 1. The molecule has 0 unspecified atom stereocenters. The second kappa shape index (κ2) is 7.08. The Morgan fingerprint density at radius 3 is 3.09 bits per heavy atom. The summed E-state index contributed by atoms with van der Waals surface area (Å²) in [7, 11) is 0. The monoisotopic (exact) mass is 352 g/mol. The molecule has 0 aromatic carbocycles. The Bertz CT molecular complexity index is 823. The summed E-state index contributed by atoms with van der Waals surface area (Å²) >= 11 is 4.55. The Morgan fingerprint density at radius 1 is 1.36 bits per heavy atom. The molecule has 0 N–H and O–H groups in total. The number of hydrogen-bond acceptors (Lipinski definition) is 7. The summed E-state index contributed by atoms with van der Waals surface area (Å²) in [6, 6.07) is 5.42. The van der Waals surface area contributed by atoms with Crippen LogP contribution in [0.1, 0.15) is 10.6 Å². The Balaban J connectivity index is 1.50. The zero-order valence-electron chi connectivity index (χ0n) is 11.4. The van der Waals surface area contributed by atoms with Crippen molar-refractivity contribution in [1.82, 2.24) is 9.38 Å². The maximum absolute atomic E-state index is 11.8. The summed E-state index contributed by atoms with van der Waals surface area (Å²) < 4.78 is 6.63. The van der Waals surface area contributed by atoms with Crippen molar-refractivity contribution in [3.63, 3.8) is 0 Å². The largest absolute Gasteiger partial charge is 0.459 e. The summed E-state index contributed by atoms with van der Waals surface area (Å²) in [5, 5.41) is 3.81. The lowest BCUT2D eigenvalue weighted by molar-refractivity contribution is -0.141. The third kappa shape index (κ3) is 3.76. The van der Waals surface area contributed by atoms with Gasteiger partial charge in [-0.2, -0.15) is 0 Å². The highest BCUT2D eigenvalue weighted by molar-refractivity contribution is 7.99. The van der Waals surface area contributed by atoms with Crippen LogP contribution in [-0.2, 0) is 21.9 Å². The van der Waals surface area contributed by atoms with Gasteiger partial charge in [0.2, 0.25) is 0 Å². The fraction of sp³-hybridized carbons (Fsp3) is 0.214. The molecule has 3 aromatic heterocycles. The molecule has 22 heavy (non-hydrogen) atoms. The van der Waals surface area contributed by atoms with Crippen molar-refractivity contribution in [2.45, 2.75) is 12.4 Å². The molecule has 3 aromatic rings. The van der Waals surface area contributed by atoms with E-state index in [4.69, 9.17) is 4.74 Å². The van der Waals surface area contributed by atoms with Crippen LogP contribution in [0.3, 0.4) is 0 Å². The SMILES string of the molecule is O=C(CSCc1cccs1)OCc1cc(=O)n2ccsc2n1. The number of carbonyl (C=O) groups is 1. The number of hydrogen-bond donors (Lipinski definition) is 0. The maximum Gasteiger partial charge on any atom is 0.316 e. The highest BCUT2D eigenvalue weighted by Gasteiger charge is 2.08. The van der Waals surface area contributed by atoms with Crippen LogP contribution in [0.25, 0.3) is 4.96 Å². The van der Waals surface area contributed by atoms with Gasteiger partial charge in [0.25, 0.3) is 5.56 Å². The molecule has 114 valence electrons. The summed E-state index contributed by atoms with van der Waals surface area (Å²) in [4.78, 5) is 29.6. The number of rotatable bonds is 6. The van der Waals surface area contributed by atoms with Crippen molar-refractivity contribution in [2.24, 2.45) is 0 Å². The molecular weight excluding hydrogens is 340 g/mol. The molecule has 3 heterocycles. The first kappa shape index (κ1) is 15.3. The van der Waals surface area contributed by atoms with E-state index in [1.54, 1.807) is 22.9 Å². The minimum atomic E-state index is -0.297. The van der Waals surface area contributed by atoms with Crippen molar-refractivity contribution < 1.29 is 9.53 Å². The van der Waals surface area contributed by atoms with Gasteiger partial charge in [-0.1, -0.05) is 6.07 Å². The zero-order valence-corrected chi connectivity index (χ0v) is 13.9. The zero-order chi connectivity index (χ0) is 15.4. The standard InChI is InChI=1S/C14H12N2O3S3/c17-12-6-10(15-14-16(12)3-5-22-14)7-19-13(18)9-20-8-11-2-1-4-21-11/h1-6H,7-9H2. The van der Waals surface area contributed by atoms with Crippen LogP contribution in [0.15, 0.2) is 40.0 Å². The molecule has 0 saturated heterocycles. The van der Waals surface area contributed by atoms with Crippen LogP contribution in [0, 0.1) is 0 Å². The van der Waals surface area contributed by atoms with Crippen molar-refractivity contribution in [1.29, 1.82) is 0 Å². The Hall–Kier alpha value is -1.64. The Kier molecular flexibility index (Phi) is 4.91. The molecule has 0 radical (unpaired) electrons. The quantitative estimate of drug-likeness (QED) is 0.639. The van der Waals surface area contributed by atoms with E-state index in [1.165, 1.54) is 38.4 Å². The second-order valence-corrected chi connectivity index (χ2v) is 7.27. The molecule has 0 aliphatic carbocycles. The third-order valence-electron chi connectivity index (χ3n) is 2.78. The minimum Gasteiger partial charge on any atom is -0.459 e. The highest BCUT2D eigenvalue weighted by atomic mass is 32.2. The number of nitrogens with zero attached hydrogens (tertiary/aromatic N) is 2. The molecule has 0 fully saturated rings. The van der Waals surface area contributed by atoms with E-state index in [1.807, 2.05) is 17.5 Å². The van der Waals surface area contributed by atoms with Gasteiger partial charge in [-0.15, -0.1) is 34.4 Å². The van der Waals surface area contributed by atoms with Crippen molar-refractivity contribution in [3.05, 3.63) is 56.1 Å². The van der Waals surface area contributed by atoms with Crippen LogP contribution in [0.2, 0.25) is 0 Å². The molecule has 0 saturated carbocycles. The van der Waals surface area contributed by atoms with Gasteiger partial charge in [0.15, 0.2) is 4.96 Å². The third-order valence-corrected chi connectivity index (χ3v) is 5.55. The number of fused-ring (bicyclic) bond motifs is 1. The van der Waals surface area contributed by atoms with E-state index >= 15 is 0 Å². The molecule has 5 nitrogen and oxygen atoms in total. The van der Waals surface area contributed by atoms with E-state index in [9.17, 15) is 9.59 Å². The average molecular weight is 352 g/mol. The fourth-order valence-electron chi connectivity index (χ4n) is 1.79. The predicted octanol–water partition coefficient (Wildman–Crippen LogP) is 2.79. The second-order valence-electron chi connectivity index (χ2n) is 4.37. The normalized spacial score (nSPS) is 10.9. The summed E-state index contributed by atoms with van der Waals surface area (Å²) in [5.74, 6) is 0.792. The average Bonchev–Trinajstić information content (AvgIpc) is 3.16. The number of esters is 1. The molecule has 0 aliphatic heterocycles. The summed E-state index contributed by atoms with van der Waals surface area (Å²) in [6.07, 6.45) is 1.67. The van der Waals surface area contributed by atoms with Gasteiger partial charge < -0.3 is 4.74 Å². The molecular formula is C14H12N2O3S3. The predicted molar refractivity (Wildman–Crippen MR) is 89.6 cm³/mol. The van der Waals surface area contributed by atoms with Crippen molar-refractivity contribution >= 4 is 45.4 Å². The lowest BCUT2D eigenvalue weighted by atomic mass is 10.4. The topological polar surface area (TPSA) is 60.7 Å². The van der Waals surface area contributed by atoms with Crippen LogP contribution in [-0.4, -0.2) is 21.1 Å². The van der Waals surface area contributed by atoms with E-state index in [-0.39, 0.29) is 23.9 Å². The Labute approximate surface area is 138 Å². The lowest BCUT2D eigenvalue weighted by Crippen LogP contribution is -2.15. The maximum atomic E-state index is 11.8. The number of aromatic nitrogens is 2. The summed E-state index contributed by atoms with van der Waals surface area (Å²) in [6.45, 7) is 0.0298. The number of carbonyl (C=O) groups excluding carboxylic acids is 1. The van der Waals surface area contributed by atoms with E-state index in [0.717, 1.165) is 5.75 Å². The van der Waals surface area contributed by atoms with Crippen molar-refractivity contribution in [2.75, 3.05) is 5.75 Å². The molecule has 0 atom stereocenters. The number of thioether (sulfide) groups is 1. The van der Waals surface area contributed by atoms with Gasteiger partial charge in [0, 0.05) is 28.3 Å².